The summed E-state index contributed by atoms with van der Waals surface area (Å²) in [5.74, 6) is -0.698. The second-order valence-corrected chi connectivity index (χ2v) is 6.91. The summed E-state index contributed by atoms with van der Waals surface area (Å²) in [7, 11) is 0. The van der Waals surface area contributed by atoms with E-state index in [1.165, 1.54) is 6.42 Å². The molecule has 0 aromatic rings. The summed E-state index contributed by atoms with van der Waals surface area (Å²) in [6, 6.07) is 0. The number of carbonyl (C=O) groups is 2. The number of rotatable bonds is 7. The van der Waals surface area contributed by atoms with Crippen molar-refractivity contribution in [2.75, 3.05) is 0 Å². The molecule has 1 saturated carbocycles. The van der Waals surface area contributed by atoms with Gasteiger partial charge < -0.3 is 11.1 Å². The zero-order valence-electron chi connectivity index (χ0n) is 12.9. The van der Waals surface area contributed by atoms with Crippen LogP contribution in [-0.2, 0) is 9.59 Å². The average molecular weight is 296 g/mol. The van der Waals surface area contributed by atoms with Gasteiger partial charge in [-0.2, -0.15) is 0 Å². The van der Waals surface area contributed by atoms with Crippen LogP contribution in [0.25, 0.3) is 0 Å². The van der Waals surface area contributed by atoms with Crippen molar-refractivity contribution in [1.29, 1.82) is 0 Å². The van der Waals surface area contributed by atoms with E-state index in [0.29, 0.717) is 12.3 Å². The van der Waals surface area contributed by atoms with Crippen molar-refractivity contribution in [2.45, 2.75) is 65.8 Å². The standard InChI is InChI=1S/C16H28N2O2.CH4/c1-5-7-12(14(17)19)13(10-11-8-6-9-11)15(20)18-16(2,3)4;/h5,11-13H,1,6-10H2,2-4H3,(H2,17,19)(H,18,20);1H4/t12-,13+;/m0./s1. The van der Waals surface area contributed by atoms with Gasteiger partial charge in [0.2, 0.25) is 11.8 Å². The van der Waals surface area contributed by atoms with E-state index in [1.807, 2.05) is 20.8 Å². The number of allylic oxidation sites excluding steroid dienone is 1. The highest BCUT2D eigenvalue weighted by molar-refractivity contribution is 5.87. The van der Waals surface area contributed by atoms with Crippen LogP contribution in [0.5, 0.6) is 0 Å². The number of amides is 2. The highest BCUT2D eigenvalue weighted by atomic mass is 16.2. The van der Waals surface area contributed by atoms with Gasteiger partial charge in [-0.1, -0.05) is 32.8 Å². The van der Waals surface area contributed by atoms with Gasteiger partial charge in [0.05, 0.1) is 11.8 Å². The quantitative estimate of drug-likeness (QED) is 0.709. The van der Waals surface area contributed by atoms with Gasteiger partial charge in [-0.05, 0) is 39.5 Å². The van der Waals surface area contributed by atoms with Gasteiger partial charge in [0.1, 0.15) is 0 Å². The van der Waals surface area contributed by atoms with Crippen molar-refractivity contribution in [2.24, 2.45) is 23.5 Å². The molecule has 0 aliphatic heterocycles. The van der Waals surface area contributed by atoms with E-state index in [1.54, 1.807) is 6.08 Å². The molecule has 2 amide bonds. The van der Waals surface area contributed by atoms with Gasteiger partial charge in [0, 0.05) is 5.54 Å². The molecule has 2 atom stereocenters. The number of carbonyl (C=O) groups excluding carboxylic acids is 2. The monoisotopic (exact) mass is 296 g/mol. The molecule has 0 aromatic carbocycles. The lowest BCUT2D eigenvalue weighted by Crippen LogP contribution is -2.48. The van der Waals surface area contributed by atoms with Gasteiger partial charge >= 0.3 is 0 Å². The largest absolute Gasteiger partial charge is 0.369 e. The molecule has 1 rings (SSSR count). The van der Waals surface area contributed by atoms with Crippen molar-refractivity contribution in [3.63, 3.8) is 0 Å². The normalized spacial score (nSPS) is 17.9. The van der Waals surface area contributed by atoms with E-state index in [2.05, 4.69) is 11.9 Å². The molecule has 4 heteroatoms. The highest BCUT2D eigenvalue weighted by Gasteiger charge is 2.36. The summed E-state index contributed by atoms with van der Waals surface area (Å²) in [6.45, 7) is 9.50. The molecule has 0 saturated heterocycles. The fourth-order valence-electron chi connectivity index (χ4n) is 2.66. The molecule has 0 spiro atoms. The minimum Gasteiger partial charge on any atom is -0.369 e. The Labute approximate surface area is 129 Å². The molecule has 1 fully saturated rings. The van der Waals surface area contributed by atoms with Gasteiger partial charge in [0.15, 0.2) is 0 Å². The summed E-state index contributed by atoms with van der Waals surface area (Å²) in [6.07, 6.45) is 6.42. The Hall–Kier alpha value is -1.32. The number of nitrogens with one attached hydrogen (secondary N) is 1. The first-order chi connectivity index (χ1) is 9.24. The van der Waals surface area contributed by atoms with Crippen LogP contribution in [-0.4, -0.2) is 17.4 Å². The van der Waals surface area contributed by atoms with Crippen molar-refractivity contribution < 1.29 is 9.59 Å². The van der Waals surface area contributed by atoms with Crippen LogP contribution in [0, 0.1) is 17.8 Å². The van der Waals surface area contributed by atoms with Crippen molar-refractivity contribution in [3.05, 3.63) is 12.7 Å². The molecule has 1 aliphatic carbocycles. The maximum Gasteiger partial charge on any atom is 0.224 e. The topological polar surface area (TPSA) is 72.2 Å². The fraction of sp³-hybridized carbons (Fsp3) is 0.765. The molecule has 0 radical (unpaired) electrons. The van der Waals surface area contributed by atoms with E-state index < -0.39 is 11.8 Å². The zero-order valence-corrected chi connectivity index (χ0v) is 12.9. The fourth-order valence-corrected chi connectivity index (χ4v) is 2.66. The number of nitrogens with two attached hydrogens (primary N) is 1. The first-order valence-corrected chi connectivity index (χ1v) is 7.47. The van der Waals surface area contributed by atoms with Crippen LogP contribution in [0.4, 0.5) is 0 Å². The minimum absolute atomic E-state index is 0. The molecular formula is C17H32N2O2. The molecule has 122 valence electrons. The maximum absolute atomic E-state index is 12.5. The smallest absolute Gasteiger partial charge is 0.224 e. The Kier molecular flexibility index (Phi) is 7.69. The Bertz CT molecular complexity index is 367. The van der Waals surface area contributed by atoms with Crippen LogP contribution in [0.3, 0.4) is 0 Å². The minimum atomic E-state index is -0.449. The Morgan fingerprint density at radius 1 is 1.33 bits per heavy atom. The number of hydrogen-bond donors (Lipinski definition) is 2. The SMILES string of the molecule is C.C=CC[C@H](C(N)=O)[C@@H](CC1CCC1)C(=O)NC(C)(C)C. The number of hydrogen-bond acceptors (Lipinski definition) is 2. The third-order valence-electron chi connectivity index (χ3n) is 3.92. The molecule has 1 aliphatic rings. The summed E-state index contributed by atoms with van der Waals surface area (Å²) in [5, 5.41) is 2.99. The molecular weight excluding hydrogens is 264 g/mol. The van der Waals surface area contributed by atoms with Crippen LogP contribution in [0.15, 0.2) is 12.7 Å². The van der Waals surface area contributed by atoms with Crippen molar-refractivity contribution >= 4 is 11.8 Å². The van der Waals surface area contributed by atoms with E-state index in [0.717, 1.165) is 19.3 Å². The summed E-state index contributed by atoms with van der Waals surface area (Å²) >= 11 is 0. The van der Waals surface area contributed by atoms with E-state index in [4.69, 9.17) is 5.73 Å². The lowest BCUT2D eigenvalue weighted by molar-refractivity contribution is -0.135. The van der Waals surface area contributed by atoms with Gasteiger partial charge in [-0.15, -0.1) is 6.58 Å². The third-order valence-corrected chi connectivity index (χ3v) is 3.92. The van der Waals surface area contributed by atoms with Gasteiger partial charge in [-0.3, -0.25) is 9.59 Å². The summed E-state index contributed by atoms with van der Waals surface area (Å²) < 4.78 is 0. The van der Waals surface area contributed by atoms with E-state index in [-0.39, 0.29) is 24.8 Å². The molecule has 0 bridgehead atoms. The summed E-state index contributed by atoms with van der Waals surface area (Å²) in [5.41, 5.74) is 5.19. The van der Waals surface area contributed by atoms with Crippen LogP contribution in [0.2, 0.25) is 0 Å². The molecule has 21 heavy (non-hydrogen) atoms. The average Bonchev–Trinajstić information content (AvgIpc) is 2.22. The molecule has 0 unspecified atom stereocenters. The molecule has 3 N–H and O–H groups in total. The summed E-state index contributed by atoms with van der Waals surface area (Å²) in [4.78, 5) is 24.2. The Morgan fingerprint density at radius 3 is 2.24 bits per heavy atom. The molecule has 0 aromatic heterocycles. The third kappa shape index (κ3) is 6.32. The predicted molar refractivity (Wildman–Crippen MR) is 87.6 cm³/mol. The van der Waals surface area contributed by atoms with Crippen LogP contribution in [0.1, 0.15) is 60.3 Å². The maximum atomic E-state index is 12.5. The van der Waals surface area contributed by atoms with E-state index in [9.17, 15) is 9.59 Å². The Morgan fingerprint density at radius 2 is 1.90 bits per heavy atom. The zero-order chi connectivity index (χ0) is 15.3. The predicted octanol–water partition coefficient (Wildman–Crippen LogP) is 3.02. The van der Waals surface area contributed by atoms with Crippen molar-refractivity contribution in [3.8, 4) is 0 Å². The van der Waals surface area contributed by atoms with Gasteiger partial charge in [-0.25, -0.2) is 0 Å². The molecule has 4 nitrogen and oxygen atoms in total. The number of primary amides is 1. The second kappa shape index (κ2) is 8.20. The molecule has 0 heterocycles. The van der Waals surface area contributed by atoms with Gasteiger partial charge in [0.25, 0.3) is 0 Å². The van der Waals surface area contributed by atoms with Crippen molar-refractivity contribution in [1.82, 2.24) is 5.32 Å². The Balaban J connectivity index is 0.00000400. The lowest BCUT2D eigenvalue weighted by Gasteiger charge is -2.33. The highest BCUT2D eigenvalue weighted by Crippen LogP contribution is 2.35. The first-order valence-electron chi connectivity index (χ1n) is 7.47. The second-order valence-electron chi connectivity index (χ2n) is 6.91. The lowest BCUT2D eigenvalue weighted by atomic mass is 9.74. The first kappa shape index (κ1) is 19.7. The van der Waals surface area contributed by atoms with Crippen LogP contribution < -0.4 is 11.1 Å². The van der Waals surface area contributed by atoms with E-state index >= 15 is 0 Å². The van der Waals surface area contributed by atoms with Crippen LogP contribution >= 0.6 is 0 Å².